The van der Waals surface area contributed by atoms with Crippen molar-refractivity contribution in [2.24, 2.45) is 0 Å². The van der Waals surface area contributed by atoms with E-state index in [0.717, 1.165) is 30.2 Å². The number of esters is 1. The minimum absolute atomic E-state index is 0.0749. The number of nitrogens with zero attached hydrogens (tertiary/aromatic N) is 1. The molecule has 25 heavy (non-hydrogen) atoms. The molecular formula is C16H15ClN2O5S. The van der Waals surface area contributed by atoms with Crippen LogP contribution in [0.2, 0.25) is 4.34 Å². The first-order valence-electron chi connectivity index (χ1n) is 7.45. The Balaban J connectivity index is 2.17. The van der Waals surface area contributed by atoms with Gasteiger partial charge in [-0.2, -0.15) is 0 Å². The van der Waals surface area contributed by atoms with E-state index in [1.165, 1.54) is 6.07 Å². The molecule has 0 unspecified atom stereocenters. The summed E-state index contributed by atoms with van der Waals surface area (Å²) in [7, 11) is 0. The predicted octanol–water partition coefficient (Wildman–Crippen LogP) is 4.52. The molecule has 1 aromatic carbocycles. The number of benzene rings is 1. The number of halogens is 1. The summed E-state index contributed by atoms with van der Waals surface area (Å²) in [6, 6.07) is 7.50. The average molecular weight is 383 g/mol. The standard InChI is InChI=1S/C16H15ClN2O5S/c1-2-3-8-24-16(21)10-6-4-5-7-11(10)18-15(20)13-9-12(19(22)23)14(17)25-13/h4-7,9H,2-3,8H2,1H3,(H,18,20). The van der Waals surface area contributed by atoms with E-state index < -0.39 is 16.8 Å². The van der Waals surface area contributed by atoms with E-state index in [9.17, 15) is 19.7 Å². The molecule has 0 aliphatic heterocycles. The number of thiophene rings is 1. The van der Waals surface area contributed by atoms with E-state index in [4.69, 9.17) is 16.3 Å². The molecule has 1 heterocycles. The predicted molar refractivity (Wildman–Crippen MR) is 95.6 cm³/mol. The number of hydrogen-bond donors (Lipinski definition) is 1. The maximum Gasteiger partial charge on any atom is 0.340 e. The number of amides is 1. The van der Waals surface area contributed by atoms with Crippen LogP contribution in [0.5, 0.6) is 0 Å². The van der Waals surface area contributed by atoms with Gasteiger partial charge < -0.3 is 10.1 Å². The fraction of sp³-hybridized carbons (Fsp3) is 0.250. The van der Waals surface area contributed by atoms with Crippen LogP contribution in [0.4, 0.5) is 11.4 Å². The Morgan fingerprint density at radius 2 is 2.08 bits per heavy atom. The first-order valence-corrected chi connectivity index (χ1v) is 8.64. The number of anilines is 1. The fourth-order valence-electron chi connectivity index (χ4n) is 1.94. The van der Waals surface area contributed by atoms with Crippen molar-refractivity contribution >= 4 is 46.2 Å². The van der Waals surface area contributed by atoms with Crippen LogP contribution in [0, 0.1) is 10.1 Å². The highest BCUT2D eigenvalue weighted by atomic mass is 35.5. The van der Waals surface area contributed by atoms with Crippen LogP contribution in [-0.2, 0) is 4.74 Å². The molecular weight excluding hydrogens is 368 g/mol. The third kappa shape index (κ3) is 4.77. The molecule has 0 atom stereocenters. The smallest absolute Gasteiger partial charge is 0.340 e. The number of carbonyl (C=O) groups excluding carboxylic acids is 2. The lowest BCUT2D eigenvalue weighted by atomic mass is 10.1. The number of nitro groups is 1. The van der Waals surface area contributed by atoms with Gasteiger partial charge in [0.25, 0.3) is 11.6 Å². The van der Waals surface area contributed by atoms with Crippen molar-refractivity contribution in [2.75, 3.05) is 11.9 Å². The molecule has 7 nitrogen and oxygen atoms in total. The fourth-order valence-corrected chi connectivity index (χ4v) is 3.05. The van der Waals surface area contributed by atoms with Gasteiger partial charge in [0.05, 0.1) is 22.8 Å². The zero-order chi connectivity index (χ0) is 18.4. The number of ether oxygens (including phenoxy) is 1. The van der Waals surface area contributed by atoms with E-state index in [1.54, 1.807) is 18.2 Å². The maximum absolute atomic E-state index is 12.3. The van der Waals surface area contributed by atoms with Crippen LogP contribution in [0.1, 0.15) is 39.8 Å². The molecule has 9 heteroatoms. The average Bonchev–Trinajstić information content (AvgIpc) is 2.97. The van der Waals surface area contributed by atoms with Crippen LogP contribution in [0.15, 0.2) is 30.3 Å². The number of carbonyl (C=O) groups is 2. The summed E-state index contributed by atoms with van der Waals surface area (Å²) < 4.78 is 5.07. The number of rotatable bonds is 7. The summed E-state index contributed by atoms with van der Waals surface area (Å²) >= 11 is 6.56. The van der Waals surface area contributed by atoms with Crippen LogP contribution in [0.3, 0.4) is 0 Å². The topological polar surface area (TPSA) is 98.5 Å². The number of nitrogens with one attached hydrogen (secondary N) is 1. The van der Waals surface area contributed by atoms with Crippen molar-refractivity contribution in [2.45, 2.75) is 19.8 Å². The van der Waals surface area contributed by atoms with E-state index in [1.807, 2.05) is 6.92 Å². The molecule has 0 aliphatic rings. The summed E-state index contributed by atoms with van der Waals surface area (Å²) in [6.45, 7) is 2.28. The van der Waals surface area contributed by atoms with Gasteiger partial charge in [0, 0.05) is 6.07 Å². The molecule has 2 rings (SSSR count). The molecule has 1 amide bonds. The highest BCUT2D eigenvalue weighted by molar-refractivity contribution is 7.18. The largest absolute Gasteiger partial charge is 0.462 e. The number of unbranched alkanes of at least 4 members (excludes halogenated alkanes) is 1. The second kappa shape index (κ2) is 8.59. The van der Waals surface area contributed by atoms with Gasteiger partial charge in [0.2, 0.25) is 0 Å². The van der Waals surface area contributed by atoms with Crippen molar-refractivity contribution in [3.8, 4) is 0 Å². The molecule has 1 N–H and O–H groups in total. The Hall–Kier alpha value is -2.45. The molecule has 0 aliphatic carbocycles. The maximum atomic E-state index is 12.3. The van der Waals surface area contributed by atoms with Gasteiger partial charge in [-0.05, 0) is 18.6 Å². The molecule has 0 radical (unpaired) electrons. The quantitative estimate of drug-likeness (QED) is 0.328. The van der Waals surface area contributed by atoms with Gasteiger partial charge in [-0.15, -0.1) is 11.3 Å². The van der Waals surface area contributed by atoms with Crippen molar-refractivity contribution in [1.29, 1.82) is 0 Å². The van der Waals surface area contributed by atoms with E-state index in [-0.39, 0.29) is 26.2 Å². The normalized spacial score (nSPS) is 10.3. The lowest BCUT2D eigenvalue weighted by Gasteiger charge is -2.10. The van der Waals surface area contributed by atoms with Crippen LogP contribution >= 0.6 is 22.9 Å². The zero-order valence-corrected chi connectivity index (χ0v) is 14.9. The molecule has 1 aromatic heterocycles. The van der Waals surface area contributed by atoms with E-state index in [2.05, 4.69) is 5.32 Å². The van der Waals surface area contributed by atoms with Gasteiger partial charge in [-0.25, -0.2) is 4.79 Å². The minimum atomic E-state index is -0.658. The molecule has 2 aromatic rings. The second-order valence-corrected chi connectivity index (χ2v) is 6.67. The first kappa shape index (κ1) is 18.9. The molecule has 132 valence electrons. The zero-order valence-electron chi connectivity index (χ0n) is 13.3. The summed E-state index contributed by atoms with van der Waals surface area (Å²) in [5, 5.41) is 13.4. The Bertz CT molecular complexity index is 806. The first-order chi connectivity index (χ1) is 11.9. The van der Waals surface area contributed by atoms with Crippen molar-refractivity contribution < 1.29 is 19.2 Å². The summed E-state index contributed by atoms with van der Waals surface area (Å²) in [4.78, 5) is 34.7. The summed E-state index contributed by atoms with van der Waals surface area (Å²) in [6.07, 6.45) is 1.64. The highest BCUT2D eigenvalue weighted by Gasteiger charge is 2.22. The highest BCUT2D eigenvalue weighted by Crippen LogP contribution is 2.34. The third-order valence-electron chi connectivity index (χ3n) is 3.22. The Kier molecular flexibility index (Phi) is 6.49. The van der Waals surface area contributed by atoms with Crippen molar-refractivity contribution in [1.82, 2.24) is 0 Å². The van der Waals surface area contributed by atoms with Gasteiger partial charge in [0.1, 0.15) is 4.88 Å². The molecule has 0 spiro atoms. The minimum Gasteiger partial charge on any atom is -0.462 e. The summed E-state index contributed by atoms with van der Waals surface area (Å²) in [5.41, 5.74) is 0.148. The SMILES string of the molecule is CCCCOC(=O)c1ccccc1NC(=O)c1cc([N+](=O)[O-])c(Cl)s1. The van der Waals surface area contributed by atoms with Crippen LogP contribution < -0.4 is 5.32 Å². The van der Waals surface area contributed by atoms with Crippen molar-refractivity contribution in [3.05, 3.63) is 55.2 Å². The van der Waals surface area contributed by atoms with Crippen LogP contribution in [-0.4, -0.2) is 23.4 Å². The molecule has 0 saturated carbocycles. The second-order valence-electron chi connectivity index (χ2n) is 5.02. The Morgan fingerprint density at radius 3 is 2.72 bits per heavy atom. The van der Waals surface area contributed by atoms with Crippen molar-refractivity contribution in [3.63, 3.8) is 0 Å². The monoisotopic (exact) mass is 382 g/mol. The number of hydrogen-bond acceptors (Lipinski definition) is 6. The third-order valence-corrected chi connectivity index (χ3v) is 4.55. The lowest BCUT2D eigenvalue weighted by Crippen LogP contribution is -2.15. The van der Waals surface area contributed by atoms with Gasteiger partial charge >= 0.3 is 5.97 Å². The molecule has 0 bridgehead atoms. The molecule has 0 saturated heterocycles. The Morgan fingerprint density at radius 1 is 1.36 bits per heavy atom. The summed E-state index contributed by atoms with van der Waals surface area (Å²) in [5.74, 6) is -1.13. The van der Waals surface area contributed by atoms with Gasteiger partial charge in [0.15, 0.2) is 4.34 Å². The van der Waals surface area contributed by atoms with E-state index in [0.29, 0.717) is 6.61 Å². The van der Waals surface area contributed by atoms with Gasteiger partial charge in [-0.1, -0.05) is 37.1 Å². The molecule has 0 fully saturated rings. The number of para-hydroxylation sites is 1. The Labute approximate surface area is 152 Å². The lowest BCUT2D eigenvalue weighted by molar-refractivity contribution is -0.384. The van der Waals surface area contributed by atoms with Gasteiger partial charge in [-0.3, -0.25) is 14.9 Å². The van der Waals surface area contributed by atoms with Crippen LogP contribution in [0.25, 0.3) is 0 Å². The van der Waals surface area contributed by atoms with E-state index >= 15 is 0 Å².